The van der Waals surface area contributed by atoms with Crippen LogP contribution in [0.2, 0.25) is 5.02 Å². The molecule has 0 unspecified atom stereocenters. The van der Waals surface area contributed by atoms with E-state index in [1.54, 1.807) is 12.4 Å². The second-order valence-electron chi connectivity index (χ2n) is 5.15. The summed E-state index contributed by atoms with van der Waals surface area (Å²) < 4.78 is 0. The Hall–Kier alpha value is -1.58. The van der Waals surface area contributed by atoms with Crippen LogP contribution in [0.3, 0.4) is 0 Å². The standard InChI is InChI=1S/C16H19ClN2O/c1-11(2)16(10-20)19-15-7-13(8-18-9-15)12-4-3-5-14(17)6-12/h3-9,11,16,19-20H,10H2,1-2H3/t16-/m0/s1. The first-order valence-corrected chi connectivity index (χ1v) is 7.06. The van der Waals surface area contributed by atoms with Crippen molar-refractivity contribution in [2.24, 2.45) is 5.92 Å². The lowest BCUT2D eigenvalue weighted by Gasteiger charge is -2.21. The normalized spacial score (nSPS) is 12.4. The van der Waals surface area contributed by atoms with Gasteiger partial charge in [0.25, 0.3) is 0 Å². The first kappa shape index (κ1) is 14.8. The molecule has 1 aromatic heterocycles. The molecule has 2 N–H and O–H groups in total. The molecule has 0 saturated heterocycles. The molecule has 0 spiro atoms. The van der Waals surface area contributed by atoms with Crippen LogP contribution in [0.4, 0.5) is 5.69 Å². The molecule has 2 rings (SSSR count). The molecule has 1 atom stereocenters. The van der Waals surface area contributed by atoms with Crippen LogP contribution in [-0.4, -0.2) is 22.7 Å². The number of halogens is 1. The monoisotopic (exact) mass is 290 g/mol. The average molecular weight is 291 g/mol. The Morgan fingerprint density at radius 2 is 2.00 bits per heavy atom. The van der Waals surface area contributed by atoms with Gasteiger partial charge in [0.1, 0.15) is 0 Å². The highest BCUT2D eigenvalue weighted by atomic mass is 35.5. The van der Waals surface area contributed by atoms with E-state index in [2.05, 4.69) is 24.1 Å². The Bertz CT molecular complexity index is 572. The molecule has 0 aliphatic rings. The molecule has 2 aromatic rings. The van der Waals surface area contributed by atoms with E-state index in [-0.39, 0.29) is 12.6 Å². The van der Waals surface area contributed by atoms with Crippen LogP contribution >= 0.6 is 11.6 Å². The third-order valence-corrected chi connectivity index (χ3v) is 3.48. The van der Waals surface area contributed by atoms with E-state index in [1.165, 1.54) is 0 Å². The molecule has 0 aliphatic heterocycles. The number of nitrogens with zero attached hydrogens (tertiary/aromatic N) is 1. The van der Waals surface area contributed by atoms with Crippen LogP contribution in [0.25, 0.3) is 11.1 Å². The van der Waals surface area contributed by atoms with Gasteiger partial charge in [0.15, 0.2) is 0 Å². The third kappa shape index (κ3) is 3.71. The quantitative estimate of drug-likeness (QED) is 0.879. The number of aromatic nitrogens is 1. The van der Waals surface area contributed by atoms with E-state index in [9.17, 15) is 5.11 Å². The van der Waals surface area contributed by atoms with Gasteiger partial charge in [-0.05, 0) is 29.7 Å². The summed E-state index contributed by atoms with van der Waals surface area (Å²) in [5.41, 5.74) is 2.92. The number of hydrogen-bond acceptors (Lipinski definition) is 3. The molecule has 1 heterocycles. The van der Waals surface area contributed by atoms with Gasteiger partial charge in [-0.1, -0.05) is 37.6 Å². The van der Waals surface area contributed by atoms with Gasteiger partial charge in [0.2, 0.25) is 0 Å². The van der Waals surface area contributed by atoms with Crippen LogP contribution < -0.4 is 5.32 Å². The summed E-state index contributed by atoms with van der Waals surface area (Å²) >= 11 is 6.01. The molecule has 0 bridgehead atoms. The largest absolute Gasteiger partial charge is 0.394 e. The van der Waals surface area contributed by atoms with Crippen molar-refractivity contribution in [1.29, 1.82) is 0 Å². The number of pyridine rings is 1. The molecule has 0 fully saturated rings. The maximum atomic E-state index is 9.38. The molecule has 3 nitrogen and oxygen atoms in total. The van der Waals surface area contributed by atoms with Gasteiger partial charge < -0.3 is 10.4 Å². The molecular formula is C16H19ClN2O. The minimum Gasteiger partial charge on any atom is -0.394 e. The Morgan fingerprint density at radius 1 is 1.20 bits per heavy atom. The number of hydrogen-bond donors (Lipinski definition) is 2. The highest BCUT2D eigenvalue weighted by Crippen LogP contribution is 2.24. The average Bonchev–Trinajstić information content (AvgIpc) is 2.45. The minimum absolute atomic E-state index is 0.0198. The van der Waals surface area contributed by atoms with Crippen molar-refractivity contribution in [3.05, 3.63) is 47.7 Å². The van der Waals surface area contributed by atoms with Crippen molar-refractivity contribution in [1.82, 2.24) is 4.98 Å². The number of benzene rings is 1. The first-order chi connectivity index (χ1) is 9.60. The van der Waals surface area contributed by atoms with Crippen LogP contribution in [-0.2, 0) is 0 Å². The lowest BCUT2D eigenvalue weighted by Crippen LogP contribution is -2.29. The maximum Gasteiger partial charge on any atom is 0.0635 e. The fourth-order valence-electron chi connectivity index (χ4n) is 1.98. The van der Waals surface area contributed by atoms with Crippen molar-refractivity contribution in [3.63, 3.8) is 0 Å². The fraction of sp³-hybridized carbons (Fsp3) is 0.312. The first-order valence-electron chi connectivity index (χ1n) is 6.68. The summed E-state index contributed by atoms with van der Waals surface area (Å²) in [5.74, 6) is 0.342. The topological polar surface area (TPSA) is 45.1 Å². The van der Waals surface area contributed by atoms with Crippen LogP contribution in [0.1, 0.15) is 13.8 Å². The van der Waals surface area contributed by atoms with Gasteiger partial charge in [0, 0.05) is 23.0 Å². The second-order valence-corrected chi connectivity index (χ2v) is 5.59. The van der Waals surface area contributed by atoms with Gasteiger partial charge in [-0.2, -0.15) is 0 Å². The molecule has 0 saturated carbocycles. The van der Waals surface area contributed by atoms with Crippen molar-refractivity contribution < 1.29 is 5.11 Å². The van der Waals surface area contributed by atoms with Gasteiger partial charge in [-0.3, -0.25) is 4.98 Å². The zero-order chi connectivity index (χ0) is 14.5. The summed E-state index contributed by atoms with van der Waals surface area (Å²) in [7, 11) is 0. The van der Waals surface area contributed by atoms with Crippen molar-refractivity contribution >= 4 is 17.3 Å². The summed E-state index contributed by atoms with van der Waals surface area (Å²) in [4.78, 5) is 4.25. The Labute approximate surface area is 124 Å². The fourth-order valence-corrected chi connectivity index (χ4v) is 2.17. The number of aliphatic hydroxyl groups excluding tert-OH is 1. The van der Waals surface area contributed by atoms with E-state index < -0.39 is 0 Å². The van der Waals surface area contributed by atoms with Gasteiger partial charge >= 0.3 is 0 Å². The highest BCUT2D eigenvalue weighted by molar-refractivity contribution is 6.30. The lowest BCUT2D eigenvalue weighted by atomic mass is 10.0. The van der Waals surface area contributed by atoms with Crippen LogP contribution in [0.5, 0.6) is 0 Å². The van der Waals surface area contributed by atoms with Crippen molar-refractivity contribution in [2.75, 3.05) is 11.9 Å². The Balaban J connectivity index is 2.24. The molecule has 20 heavy (non-hydrogen) atoms. The molecule has 106 valence electrons. The lowest BCUT2D eigenvalue weighted by molar-refractivity contribution is 0.249. The van der Waals surface area contributed by atoms with E-state index in [4.69, 9.17) is 11.6 Å². The highest BCUT2D eigenvalue weighted by Gasteiger charge is 2.12. The second kappa shape index (κ2) is 6.73. The van der Waals surface area contributed by atoms with Crippen molar-refractivity contribution in [2.45, 2.75) is 19.9 Å². The van der Waals surface area contributed by atoms with E-state index in [0.29, 0.717) is 10.9 Å². The van der Waals surface area contributed by atoms with Crippen LogP contribution in [0, 0.1) is 5.92 Å². The van der Waals surface area contributed by atoms with E-state index >= 15 is 0 Å². The molecule has 0 aliphatic carbocycles. The number of nitrogens with one attached hydrogen (secondary N) is 1. The summed E-state index contributed by atoms with van der Waals surface area (Å²) in [6.45, 7) is 4.24. The summed E-state index contributed by atoms with van der Waals surface area (Å²) in [6, 6.07) is 9.71. The van der Waals surface area contributed by atoms with Crippen LogP contribution in [0.15, 0.2) is 42.7 Å². The number of rotatable bonds is 5. The predicted octanol–water partition coefficient (Wildman–Crippen LogP) is 3.83. The molecule has 0 radical (unpaired) electrons. The van der Waals surface area contributed by atoms with Gasteiger partial charge in [0.05, 0.1) is 18.3 Å². The Kier molecular flexibility index (Phi) is 4.99. The zero-order valence-corrected chi connectivity index (χ0v) is 12.4. The number of aliphatic hydroxyl groups is 1. The number of anilines is 1. The van der Waals surface area contributed by atoms with E-state index in [0.717, 1.165) is 16.8 Å². The van der Waals surface area contributed by atoms with Gasteiger partial charge in [-0.15, -0.1) is 0 Å². The Morgan fingerprint density at radius 3 is 2.65 bits per heavy atom. The molecule has 4 heteroatoms. The smallest absolute Gasteiger partial charge is 0.0635 e. The predicted molar refractivity (Wildman–Crippen MR) is 84.0 cm³/mol. The van der Waals surface area contributed by atoms with Crippen molar-refractivity contribution in [3.8, 4) is 11.1 Å². The maximum absolute atomic E-state index is 9.38. The van der Waals surface area contributed by atoms with E-state index in [1.807, 2.05) is 30.3 Å². The molecule has 1 aromatic carbocycles. The van der Waals surface area contributed by atoms with Gasteiger partial charge in [-0.25, -0.2) is 0 Å². The SMILES string of the molecule is CC(C)[C@H](CO)Nc1cncc(-c2cccc(Cl)c2)c1. The summed E-state index contributed by atoms with van der Waals surface area (Å²) in [5, 5.41) is 13.4. The molecule has 0 amide bonds. The summed E-state index contributed by atoms with van der Waals surface area (Å²) in [6.07, 6.45) is 3.57. The zero-order valence-electron chi connectivity index (χ0n) is 11.7. The minimum atomic E-state index is 0.0198. The third-order valence-electron chi connectivity index (χ3n) is 3.25. The molecular weight excluding hydrogens is 272 g/mol.